The highest BCUT2D eigenvalue weighted by molar-refractivity contribution is 7.86. The molecule has 0 spiro atoms. The molecule has 2 aromatic heterocycles. The molecule has 24 nitrogen and oxygen atoms in total. The van der Waals surface area contributed by atoms with Gasteiger partial charge in [-0.2, -0.15) is 54.4 Å². The fourth-order valence-corrected chi connectivity index (χ4v) is 4.65. The molecule has 0 aliphatic carbocycles. The van der Waals surface area contributed by atoms with Gasteiger partial charge in [0.2, 0.25) is 46.8 Å². The number of rotatable bonds is 24. The van der Waals surface area contributed by atoms with Crippen LogP contribution in [0.1, 0.15) is 0 Å². The van der Waals surface area contributed by atoms with Crippen LogP contribution in [0.5, 0.6) is 0 Å². The number of aliphatic hydroxyl groups is 4. The summed E-state index contributed by atoms with van der Waals surface area (Å²) in [5.74, 6) is 9.04. The third-order valence-electron chi connectivity index (χ3n) is 6.00. The van der Waals surface area contributed by atoms with Gasteiger partial charge in [-0.25, -0.2) is 4.21 Å². The van der Waals surface area contributed by atoms with Crippen molar-refractivity contribution in [1.82, 2.24) is 29.9 Å². The Morgan fingerprint density at radius 1 is 0.800 bits per heavy atom. The Morgan fingerprint density at radius 3 is 1.76 bits per heavy atom. The summed E-state index contributed by atoms with van der Waals surface area (Å²) in [7, 11) is -3.98. The van der Waals surface area contributed by atoms with E-state index in [4.69, 9.17) is 11.8 Å². The van der Waals surface area contributed by atoms with Crippen molar-refractivity contribution in [1.29, 1.82) is 0 Å². The van der Waals surface area contributed by atoms with Crippen molar-refractivity contribution in [2.24, 2.45) is 11.8 Å². The summed E-state index contributed by atoms with van der Waals surface area (Å²) in [4.78, 5) is 32.7. The normalized spacial score (nSPS) is 11.9. The Bertz CT molecular complexity index is 1660. The molecule has 3 rings (SSSR count). The molecule has 0 saturated heterocycles. The molecule has 0 radical (unpaired) electrons. The Kier molecular flexibility index (Phi) is 16.2. The van der Waals surface area contributed by atoms with Crippen LogP contribution in [0.25, 0.3) is 0 Å². The Hall–Kier alpha value is -4.48. The number of nitrogens with two attached hydrogens (primary N) is 2. The van der Waals surface area contributed by atoms with Gasteiger partial charge in [0.15, 0.2) is 0 Å². The quantitative estimate of drug-likeness (QED) is 0.0325. The number of nitrogens with zero attached hydrogens (tertiary/aromatic N) is 8. The number of benzene rings is 1. The highest BCUT2D eigenvalue weighted by atomic mass is 32.2. The first-order valence-corrected chi connectivity index (χ1v) is 17.1. The molecule has 3 aromatic rings. The first-order chi connectivity index (χ1) is 24.0. The highest BCUT2D eigenvalue weighted by Crippen LogP contribution is 2.24. The number of anilines is 8. The van der Waals surface area contributed by atoms with E-state index < -0.39 is 27.0 Å². The van der Waals surface area contributed by atoms with Crippen LogP contribution in [0.3, 0.4) is 0 Å². The lowest BCUT2D eigenvalue weighted by molar-refractivity contribution is -0.200. The summed E-state index contributed by atoms with van der Waals surface area (Å²) in [6, 6.07) is 6.67. The minimum Gasteiger partial charge on any atom is -0.395 e. The maximum absolute atomic E-state index is 12.1. The lowest BCUT2D eigenvalue weighted by atomic mass is 10.3. The molecule has 276 valence electrons. The largest absolute Gasteiger partial charge is 0.395 e. The minimum atomic E-state index is -3.98. The summed E-state index contributed by atoms with van der Waals surface area (Å²) in [6.45, 7) is 2.59. The number of aliphatic hydroxyl groups excluding tert-OH is 4. The lowest BCUT2D eigenvalue weighted by Gasteiger charge is -2.22. The molecule has 2 heterocycles. The van der Waals surface area contributed by atoms with Crippen molar-refractivity contribution < 1.29 is 46.7 Å². The summed E-state index contributed by atoms with van der Waals surface area (Å²) in [5.41, 5.74) is 0.892. The molecular formula is C24H38N14O10S2. The van der Waals surface area contributed by atoms with E-state index in [1.807, 2.05) is 0 Å². The van der Waals surface area contributed by atoms with Crippen molar-refractivity contribution in [2.45, 2.75) is 0 Å². The van der Waals surface area contributed by atoms with Crippen molar-refractivity contribution in [3.05, 3.63) is 35.9 Å². The average molecular weight is 747 g/mol. The summed E-state index contributed by atoms with van der Waals surface area (Å²) < 4.78 is 43.7. The summed E-state index contributed by atoms with van der Waals surface area (Å²) >= 11 is -2.23. The topological polar surface area (TPSA) is 344 Å². The van der Waals surface area contributed by atoms with E-state index in [0.29, 0.717) is 11.4 Å². The number of hydrogen-bond acceptors (Lipinski definition) is 24. The average Bonchev–Trinajstić information content (AvgIpc) is 3.08. The zero-order valence-electron chi connectivity index (χ0n) is 26.4. The van der Waals surface area contributed by atoms with Gasteiger partial charge in [-0.15, -0.1) is 9.32 Å². The smallest absolute Gasteiger partial charge is 0.284 e. The first kappa shape index (κ1) is 40.0. The Labute approximate surface area is 288 Å². The molecule has 50 heavy (non-hydrogen) atoms. The predicted octanol–water partition coefficient (Wildman–Crippen LogP) is -2.87. The van der Waals surface area contributed by atoms with E-state index >= 15 is 0 Å². The number of nitrogens with one attached hydrogen (secondary N) is 4. The zero-order chi connectivity index (χ0) is 36.5. The van der Waals surface area contributed by atoms with Crippen LogP contribution in [0, 0.1) is 0 Å². The summed E-state index contributed by atoms with van der Waals surface area (Å²) in [5, 5.41) is 49.3. The third kappa shape index (κ3) is 12.8. The molecule has 0 aliphatic rings. The first-order valence-electron chi connectivity index (χ1n) is 14.4. The predicted molar refractivity (Wildman–Crippen MR) is 180 cm³/mol. The van der Waals surface area contributed by atoms with E-state index in [-0.39, 0.29) is 99.9 Å². The SMILES string of the molecule is C=C(Nc1nc(Nc2cccc(Nc3nc(NCCS(=O)(=O)ON)nc(N(CCO)CCO)n3)c2)nc(N(CCO)CCO)n1)S(=O)OON. The van der Waals surface area contributed by atoms with Crippen molar-refractivity contribution >= 4 is 68.3 Å². The van der Waals surface area contributed by atoms with Gasteiger partial charge in [-0.3, -0.25) is 0 Å². The molecule has 1 aromatic carbocycles. The van der Waals surface area contributed by atoms with Crippen LogP contribution < -0.4 is 42.9 Å². The number of hydrogen-bond donors (Lipinski definition) is 10. The molecular weight excluding hydrogens is 708 g/mol. The van der Waals surface area contributed by atoms with Gasteiger partial charge in [-0.1, -0.05) is 12.6 Å². The maximum atomic E-state index is 12.1. The maximum Gasteiger partial charge on any atom is 0.284 e. The van der Waals surface area contributed by atoms with Gasteiger partial charge < -0.3 is 51.5 Å². The van der Waals surface area contributed by atoms with Crippen LogP contribution in [-0.2, 0) is 34.8 Å². The van der Waals surface area contributed by atoms with E-state index in [1.54, 1.807) is 24.3 Å². The molecule has 0 amide bonds. The van der Waals surface area contributed by atoms with Gasteiger partial charge in [0.05, 0.1) is 32.2 Å². The van der Waals surface area contributed by atoms with Gasteiger partial charge in [0.25, 0.3) is 10.1 Å². The van der Waals surface area contributed by atoms with Gasteiger partial charge >= 0.3 is 0 Å². The second kappa shape index (κ2) is 20.3. The Balaban J connectivity index is 1.93. The van der Waals surface area contributed by atoms with Crippen LogP contribution in [-0.4, -0.2) is 128 Å². The summed E-state index contributed by atoms with van der Waals surface area (Å²) in [6.07, 6.45) is 0. The van der Waals surface area contributed by atoms with E-state index in [9.17, 15) is 33.1 Å². The van der Waals surface area contributed by atoms with Crippen molar-refractivity contribution in [2.75, 3.05) is 96.0 Å². The zero-order valence-corrected chi connectivity index (χ0v) is 28.0. The fraction of sp³-hybridized carbons (Fsp3) is 0.417. The monoisotopic (exact) mass is 746 g/mol. The molecule has 0 fully saturated rings. The van der Waals surface area contributed by atoms with Gasteiger partial charge in [0, 0.05) is 44.1 Å². The molecule has 1 unspecified atom stereocenters. The van der Waals surface area contributed by atoms with Gasteiger partial charge in [0.1, 0.15) is 5.03 Å². The second-order valence-corrected chi connectivity index (χ2v) is 12.3. The Morgan fingerprint density at radius 2 is 1.28 bits per heavy atom. The van der Waals surface area contributed by atoms with Crippen molar-refractivity contribution in [3.63, 3.8) is 0 Å². The molecule has 26 heteroatoms. The molecule has 0 aliphatic heterocycles. The van der Waals surface area contributed by atoms with Crippen molar-refractivity contribution in [3.8, 4) is 0 Å². The van der Waals surface area contributed by atoms with E-state index in [2.05, 4.69) is 71.4 Å². The number of aromatic nitrogens is 6. The van der Waals surface area contributed by atoms with Crippen LogP contribution in [0.4, 0.5) is 47.1 Å². The van der Waals surface area contributed by atoms with Crippen LogP contribution in [0.15, 0.2) is 35.9 Å². The highest BCUT2D eigenvalue weighted by Gasteiger charge is 2.18. The lowest BCUT2D eigenvalue weighted by Crippen LogP contribution is -2.32. The van der Waals surface area contributed by atoms with Gasteiger partial charge in [-0.05, 0) is 18.2 Å². The van der Waals surface area contributed by atoms with E-state index in [1.165, 1.54) is 9.80 Å². The van der Waals surface area contributed by atoms with Crippen LogP contribution in [0.2, 0.25) is 0 Å². The minimum absolute atomic E-state index is 0.0147. The second-order valence-electron chi connectivity index (χ2n) is 9.50. The molecule has 0 bridgehead atoms. The molecule has 0 saturated carbocycles. The third-order valence-corrected chi connectivity index (χ3v) is 7.71. The standard InChI is InChI=1S/C24H38N14O10S2/c1-16(49(43)48-46-25)28-20-32-22(36-24(34-20)38(8-12-41)9-13-42)30-18-4-2-3-17(15-18)29-21-31-19(27-5-14-50(44,45)47-26)33-23(35-21)37(6-10-39)7-11-40/h2-4,15,39-42H,1,5-14,25-26H2,(H2,27,29,31,33,35)(H2,28,30,32,34,36). The molecule has 1 atom stereocenters. The fourth-order valence-electron chi connectivity index (χ4n) is 3.88. The van der Waals surface area contributed by atoms with Crippen LogP contribution >= 0.6 is 0 Å². The molecule has 12 N–H and O–H groups in total. The van der Waals surface area contributed by atoms with E-state index in [0.717, 1.165) is 0 Å².